The highest BCUT2D eigenvalue weighted by Crippen LogP contribution is 2.33. The van der Waals surface area contributed by atoms with Crippen molar-refractivity contribution < 1.29 is 23.9 Å². The van der Waals surface area contributed by atoms with Gasteiger partial charge in [-0.3, -0.25) is 14.4 Å². The first kappa shape index (κ1) is 27.8. The van der Waals surface area contributed by atoms with Gasteiger partial charge in [0.25, 0.3) is 0 Å². The topological polar surface area (TPSA) is 69.7 Å². The fourth-order valence-corrected chi connectivity index (χ4v) is 4.22. The Labute approximate surface area is 205 Å². The summed E-state index contributed by atoms with van der Waals surface area (Å²) in [5.74, 6) is -0.951. The summed E-state index contributed by atoms with van der Waals surface area (Å²) in [4.78, 5) is 37.7. The lowest BCUT2D eigenvalue weighted by Gasteiger charge is -2.31. The molecule has 0 saturated heterocycles. The highest BCUT2D eigenvalue weighted by atomic mass is 16.6. The molecule has 0 radical (unpaired) electrons. The van der Waals surface area contributed by atoms with E-state index in [2.05, 4.69) is 19.1 Å². The number of ketones is 2. The molecule has 1 unspecified atom stereocenters. The summed E-state index contributed by atoms with van der Waals surface area (Å²) in [5.41, 5.74) is -1.04. The van der Waals surface area contributed by atoms with Crippen LogP contribution in [0.1, 0.15) is 111 Å². The molecule has 1 aliphatic carbocycles. The number of carbonyl (C=O) groups is 3. The first-order valence-electron chi connectivity index (χ1n) is 13.1. The molecule has 0 N–H and O–H groups in total. The quantitative estimate of drug-likeness (QED) is 0.103. The van der Waals surface area contributed by atoms with Crippen molar-refractivity contribution in [3.63, 3.8) is 0 Å². The lowest BCUT2D eigenvalue weighted by atomic mass is 9.80. The Balaban J connectivity index is 1.56. The van der Waals surface area contributed by atoms with Crippen molar-refractivity contribution in [3.8, 4) is 0 Å². The number of hydrogen-bond donors (Lipinski definition) is 0. The second kappa shape index (κ2) is 14.7. The second-order valence-electron chi connectivity index (χ2n) is 9.54. The van der Waals surface area contributed by atoms with E-state index in [4.69, 9.17) is 9.47 Å². The molecule has 188 valence electrons. The van der Waals surface area contributed by atoms with Gasteiger partial charge in [-0.15, -0.1) is 0 Å². The molecule has 1 aliphatic heterocycles. The van der Waals surface area contributed by atoms with Gasteiger partial charge < -0.3 is 9.47 Å². The van der Waals surface area contributed by atoms with E-state index in [-0.39, 0.29) is 12.0 Å². The minimum atomic E-state index is -1.81. The summed E-state index contributed by atoms with van der Waals surface area (Å²) in [6.07, 6.45) is 24.5. The summed E-state index contributed by atoms with van der Waals surface area (Å²) in [6, 6.07) is 0. The lowest BCUT2D eigenvalue weighted by molar-refractivity contribution is -0.169. The van der Waals surface area contributed by atoms with E-state index < -0.39 is 23.1 Å². The molecule has 0 saturated carbocycles. The van der Waals surface area contributed by atoms with E-state index in [1.807, 2.05) is 0 Å². The fourth-order valence-electron chi connectivity index (χ4n) is 4.22. The van der Waals surface area contributed by atoms with Gasteiger partial charge in [-0.2, -0.15) is 0 Å². The van der Waals surface area contributed by atoms with Crippen LogP contribution < -0.4 is 0 Å². The van der Waals surface area contributed by atoms with E-state index in [1.54, 1.807) is 13.0 Å². The normalized spacial score (nSPS) is 19.9. The number of Topliss-reactive ketones (excluding diaryl/α,β-unsaturated/α-hetero) is 1. The number of rotatable bonds is 16. The summed E-state index contributed by atoms with van der Waals surface area (Å²) in [7, 11) is 0. The van der Waals surface area contributed by atoms with Crippen LogP contribution in [0, 0.1) is 0 Å². The van der Waals surface area contributed by atoms with Gasteiger partial charge in [-0.25, -0.2) is 0 Å². The predicted molar refractivity (Wildman–Crippen MR) is 135 cm³/mol. The van der Waals surface area contributed by atoms with Gasteiger partial charge in [0.15, 0.2) is 0 Å². The predicted octanol–water partition coefficient (Wildman–Crippen LogP) is 7.22. The molecule has 2 rings (SSSR count). The van der Waals surface area contributed by atoms with Crippen LogP contribution in [0.25, 0.3) is 0 Å². The molecule has 0 bridgehead atoms. The summed E-state index contributed by atoms with van der Waals surface area (Å²) in [6.45, 7) is 5.36. The van der Waals surface area contributed by atoms with Crippen LogP contribution in [0.2, 0.25) is 0 Å². The maximum atomic E-state index is 12.8. The van der Waals surface area contributed by atoms with Gasteiger partial charge >= 0.3 is 5.97 Å². The van der Waals surface area contributed by atoms with E-state index in [0.29, 0.717) is 17.8 Å². The number of carbonyl (C=O) groups excluding carboxylic acids is 3. The molecule has 0 spiro atoms. The monoisotopic (exact) mass is 470 g/mol. The first-order valence-corrected chi connectivity index (χ1v) is 13.1. The Hall–Kier alpha value is -2.43. The number of fused-ring (bicyclic) bond motifs is 1. The molecule has 0 aromatic rings. The number of allylic oxidation sites excluding steroid dienone is 5. The average Bonchev–Trinajstić information content (AvgIpc) is 2.80. The molecule has 0 aromatic carbocycles. The van der Waals surface area contributed by atoms with E-state index in [9.17, 15) is 14.4 Å². The zero-order valence-corrected chi connectivity index (χ0v) is 21.3. The van der Waals surface area contributed by atoms with Crippen molar-refractivity contribution in [1.82, 2.24) is 0 Å². The summed E-state index contributed by atoms with van der Waals surface area (Å²) >= 11 is 0. The molecule has 0 fully saturated rings. The fraction of sp³-hybridized carbons (Fsp3) is 0.621. The maximum Gasteiger partial charge on any atom is 0.307 e. The van der Waals surface area contributed by atoms with Crippen LogP contribution in [0.5, 0.6) is 0 Å². The minimum Gasteiger partial charge on any atom is -0.469 e. The van der Waals surface area contributed by atoms with Crippen LogP contribution in [0.4, 0.5) is 0 Å². The molecular weight excluding hydrogens is 428 g/mol. The van der Waals surface area contributed by atoms with E-state index in [1.165, 1.54) is 64.2 Å². The number of hydrogen-bond acceptors (Lipinski definition) is 5. The Morgan fingerprint density at radius 2 is 1.50 bits per heavy atom. The smallest absolute Gasteiger partial charge is 0.307 e. The Morgan fingerprint density at radius 1 is 0.912 bits per heavy atom. The highest BCUT2D eigenvalue weighted by molar-refractivity contribution is 6.26. The molecule has 5 nitrogen and oxygen atoms in total. The zero-order valence-electron chi connectivity index (χ0n) is 21.3. The van der Waals surface area contributed by atoms with Crippen molar-refractivity contribution >= 4 is 17.5 Å². The van der Waals surface area contributed by atoms with Crippen molar-refractivity contribution in [2.24, 2.45) is 0 Å². The van der Waals surface area contributed by atoms with Crippen molar-refractivity contribution in [3.05, 3.63) is 47.5 Å². The third-order valence-corrected chi connectivity index (χ3v) is 6.43. The number of esters is 1. The van der Waals surface area contributed by atoms with Crippen LogP contribution in [0.3, 0.4) is 0 Å². The molecule has 1 atom stereocenters. The lowest BCUT2D eigenvalue weighted by Crippen LogP contribution is -2.50. The van der Waals surface area contributed by atoms with Crippen LogP contribution in [0.15, 0.2) is 47.5 Å². The van der Waals surface area contributed by atoms with Gasteiger partial charge in [0, 0.05) is 6.42 Å². The minimum absolute atomic E-state index is 0.208. The van der Waals surface area contributed by atoms with E-state index in [0.717, 1.165) is 32.1 Å². The molecule has 0 amide bonds. The van der Waals surface area contributed by atoms with E-state index >= 15 is 0 Å². The largest absolute Gasteiger partial charge is 0.469 e. The third-order valence-electron chi connectivity index (χ3n) is 6.43. The van der Waals surface area contributed by atoms with Crippen LogP contribution in [-0.4, -0.2) is 23.1 Å². The summed E-state index contributed by atoms with van der Waals surface area (Å²) < 4.78 is 10.7. The Kier molecular flexibility index (Phi) is 12.1. The molecule has 34 heavy (non-hydrogen) atoms. The first-order chi connectivity index (χ1) is 16.4. The number of unbranched alkanes of at least 4 members (excludes halogenated alkanes) is 11. The van der Waals surface area contributed by atoms with Crippen LogP contribution >= 0.6 is 0 Å². The van der Waals surface area contributed by atoms with Gasteiger partial charge in [-0.05, 0) is 63.7 Å². The molecule has 2 aliphatic rings. The van der Waals surface area contributed by atoms with Gasteiger partial charge in [0.05, 0.1) is 5.57 Å². The highest BCUT2D eigenvalue weighted by Gasteiger charge is 2.49. The molecule has 1 heterocycles. The van der Waals surface area contributed by atoms with Gasteiger partial charge in [0.2, 0.25) is 17.2 Å². The maximum absolute atomic E-state index is 12.8. The van der Waals surface area contributed by atoms with Crippen molar-refractivity contribution in [2.75, 3.05) is 0 Å². The molecule has 0 aromatic heterocycles. The molecule has 5 heteroatoms. The third kappa shape index (κ3) is 8.73. The average molecular weight is 471 g/mol. The number of ether oxygens (including phenoxy) is 2. The second-order valence-corrected chi connectivity index (χ2v) is 9.54. The van der Waals surface area contributed by atoms with Gasteiger partial charge in [0.1, 0.15) is 12.0 Å². The molecular formula is C29H42O5. The summed E-state index contributed by atoms with van der Waals surface area (Å²) in [5, 5.41) is 0. The SMILES string of the molecule is CCCCCCCC/C=C/CCCCCCCC(=O)OC1(C)C(=O)C=C2C=C(C)OC=C2C1=O. The van der Waals surface area contributed by atoms with Gasteiger partial charge in [-0.1, -0.05) is 70.4 Å². The van der Waals surface area contributed by atoms with Crippen molar-refractivity contribution in [1.29, 1.82) is 0 Å². The zero-order chi connectivity index (χ0) is 24.8. The van der Waals surface area contributed by atoms with Crippen LogP contribution in [-0.2, 0) is 23.9 Å². The Morgan fingerprint density at radius 3 is 2.15 bits per heavy atom. The van der Waals surface area contributed by atoms with Crippen molar-refractivity contribution in [2.45, 2.75) is 116 Å². The Bertz CT molecular complexity index is 829. The standard InChI is InChI=1S/C29H42O5/c1-4-5-6-7-8-9-10-11-12-13-14-15-16-17-18-19-27(31)34-29(3)26(30)21-24-20-23(2)33-22-25(24)28(29)32/h11-12,20-22H,4-10,13-19H2,1-3H3/b12-11+.